The number of benzene rings is 2. The third kappa shape index (κ3) is 5.32. The number of nitrogens with zero attached hydrogens (tertiary/aromatic N) is 1. The molecule has 0 aliphatic heterocycles. The second-order valence-corrected chi connectivity index (χ2v) is 8.27. The molecule has 138 valence electrons. The number of hydrogen-bond donors (Lipinski definition) is 2. The lowest BCUT2D eigenvalue weighted by Crippen LogP contribution is -2.12. The number of hydrogen-bond acceptors (Lipinski definition) is 5. The molecule has 0 aliphatic carbocycles. The summed E-state index contributed by atoms with van der Waals surface area (Å²) in [4.78, 5) is 28.7. The van der Waals surface area contributed by atoms with Gasteiger partial charge < -0.3 is 10.6 Å². The van der Waals surface area contributed by atoms with E-state index >= 15 is 0 Å². The van der Waals surface area contributed by atoms with E-state index in [9.17, 15) is 9.59 Å². The van der Waals surface area contributed by atoms with E-state index in [-0.39, 0.29) is 11.8 Å². The van der Waals surface area contributed by atoms with E-state index in [2.05, 4.69) is 15.6 Å². The van der Waals surface area contributed by atoms with Crippen LogP contribution in [0, 0.1) is 6.92 Å². The SMILES string of the molecule is CC(=O)Nc1ccc(C(=O)Nc2ccc(Sc3nc(C)cs3)c(Cl)c2)cc1. The van der Waals surface area contributed by atoms with Gasteiger partial charge in [0.1, 0.15) is 0 Å². The maximum atomic E-state index is 12.4. The highest BCUT2D eigenvalue weighted by Gasteiger charge is 2.10. The van der Waals surface area contributed by atoms with Crippen molar-refractivity contribution in [3.63, 3.8) is 0 Å². The lowest BCUT2D eigenvalue weighted by molar-refractivity contribution is -0.114. The summed E-state index contributed by atoms with van der Waals surface area (Å²) in [7, 11) is 0. The minimum Gasteiger partial charge on any atom is -0.326 e. The van der Waals surface area contributed by atoms with Crippen molar-refractivity contribution in [2.75, 3.05) is 10.6 Å². The van der Waals surface area contributed by atoms with Crippen LogP contribution in [0.1, 0.15) is 23.0 Å². The Balaban J connectivity index is 1.67. The Hall–Kier alpha value is -2.35. The van der Waals surface area contributed by atoms with E-state index in [0.29, 0.717) is 22.0 Å². The zero-order valence-corrected chi connectivity index (χ0v) is 17.0. The van der Waals surface area contributed by atoms with Crippen molar-refractivity contribution >= 4 is 57.9 Å². The number of carbonyl (C=O) groups excluding carboxylic acids is 2. The van der Waals surface area contributed by atoms with Crippen LogP contribution in [0.2, 0.25) is 5.02 Å². The van der Waals surface area contributed by atoms with Crippen molar-refractivity contribution in [2.45, 2.75) is 23.1 Å². The van der Waals surface area contributed by atoms with Crippen LogP contribution in [-0.4, -0.2) is 16.8 Å². The van der Waals surface area contributed by atoms with Crippen molar-refractivity contribution in [3.05, 3.63) is 64.1 Å². The number of carbonyl (C=O) groups is 2. The Morgan fingerprint density at radius 2 is 1.78 bits per heavy atom. The molecule has 1 heterocycles. The van der Waals surface area contributed by atoms with E-state index in [1.54, 1.807) is 47.7 Å². The Kier molecular flexibility index (Phi) is 6.15. The summed E-state index contributed by atoms with van der Waals surface area (Å²) < 4.78 is 0.922. The van der Waals surface area contributed by atoms with Crippen molar-refractivity contribution in [1.29, 1.82) is 0 Å². The quantitative estimate of drug-likeness (QED) is 0.577. The molecule has 0 saturated heterocycles. The largest absolute Gasteiger partial charge is 0.326 e. The molecule has 3 rings (SSSR count). The number of amides is 2. The normalized spacial score (nSPS) is 10.5. The molecule has 5 nitrogen and oxygen atoms in total. The first kappa shape index (κ1) is 19.4. The average Bonchev–Trinajstić information content (AvgIpc) is 3.02. The highest BCUT2D eigenvalue weighted by atomic mass is 35.5. The van der Waals surface area contributed by atoms with Crippen LogP contribution in [0.15, 0.2) is 57.1 Å². The maximum Gasteiger partial charge on any atom is 0.255 e. The van der Waals surface area contributed by atoms with Crippen LogP contribution in [0.4, 0.5) is 11.4 Å². The predicted molar refractivity (Wildman–Crippen MR) is 111 cm³/mol. The van der Waals surface area contributed by atoms with Gasteiger partial charge in [-0.25, -0.2) is 4.98 Å². The monoisotopic (exact) mass is 417 g/mol. The van der Waals surface area contributed by atoms with Gasteiger partial charge in [-0.15, -0.1) is 11.3 Å². The fourth-order valence-electron chi connectivity index (χ4n) is 2.25. The van der Waals surface area contributed by atoms with Gasteiger partial charge in [0.15, 0.2) is 4.34 Å². The minimum atomic E-state index is -0.253. The number of anilines is 2. The lowest BCUT2D eigenvalue weighted by atomic mass is 10.2. The summed E-state index contributed by atoms with van der Waals surface area (Å²) in [5.41, 5.74) is 2.71. The van der Waals surface area contributed by atoms with Crippen LogP contribution in [0.5, 0.6) is 0 Å². The minimum absolute atomic E-state index is 0.160. The molecule has 0 atom stereocenters. The Morgan fingerprint density at radius 1 is 1.07 bits per heavy atom. The van der Waals surface area contributed by atoms with Crippen LogP contribution in [0.25, 0.3) is 0 Å². The first-order chi connectivity index (χ1) is 12.9. The molecule has 0 bridgehead atoms. The maximum absolute atomic E-state index is 12.4. The van der Waals surface area contributed by atoms with Gasteiger partial charge >= 0.3 is 0 Å². The van der Waals surface area contributed by atoms with Crippen molar-refractivity contribution < 1.29 is 9.59 Å². The summed E-state index contributed by atoms with van der Waals surface area (Å²) in [6.45, 7) is 3.38. The van der Waals surface area contributed by atoms with Gasteiger partial charge in [-0.2, -0.15) is 0 Å². The molecule has 0 fully saturated rings. The van der Waals surface area contributed by atoms with E-state index in [4.69, 9.17) is 11.6 Å². The van der Waals surface area contributed by atoms with Gasteiger partial charge in [0.05, 0.1) is 5.02 Å². The molecule has 0 radical (unpaired) electrons. The zero-order valence-electron chi connectivity index (χ0n) is 14.6. The number of nitrogens with one attached hydrogen (secondary N) is 2. The Labute approximate surface area is 170 Å². The standard InChI is InChI=1S/C19H16ClN3O2S2/c1-11-10-26-19(21-11)27-17-8-7-15(9-16(17)20)23-18(25)13-3-5-14(6-4-13)22-12(2)24/h3-10H,1-2H3,(H,22,24)(H,23,25). The third-order valence-corrected chi connectivity index (χ3v) is 6.01. The molecule has 0 spiro atoms. The highest BCUT2D eigenvalue weighted by molar-refractivity contribution is 8.01. The molecule has 8 heteroatoms. The molecule has 0 unspecified atom stereocenters. The lowest BCUT2D eigenvalue weighted by Gasteiger charge is -2.09. The van der Waals surface area contributed by atoms with E-state index in [0.717, 1.165) is 14.9 Å². The van der Waals surface area contributed by atoms with Gasteiger partial charge in [-0.1, -0.05) is 23.4 Å². The average molecular weight is 418 g/mol. The topological polar surface area (TPSA) is 71.1 Å². The van der Waals surface area contributed by atoms with Gasteiger partial charge in [-0.3, -0.25) is 9.59 Å². The molecule has 0 saturated carbocycles. The molecule has 2 amide bonds. The van der Waals surface area contributed by atoms with Crippen LogP contribution < -0.4 is 10.6 Å². The second kappa shape index (κ2) is 8.56. The summed E-state index contributed by atoms with van der Waals surface area (Å²) in [5.74, 6) is -0.413. The highest BCUT2D eigenvalue weighted by Crippen LogP contribution is 2.36. The number of aromatic nitrogens is 1. The van der Waals surface area contributed by atoms with E-state index in [1.807, 2.05) is 18.4 Å². The number of thiazole rings is 1. The van der Waals surface area contributed by atoms with E-state index in [1.165, 1.54) is 18.7 Å². The summed E-state index contributed by atoms with van der Waals surface area (Å²) >= 11 is 9.41. The van der Waals surface area contributed by atoms with Crippen molar-refractivity contribution in [2.24, 2.45) is 0 Å². The fourth-order valence-corrected chi connectivity index (χ4v) is 4.34. The van der Waals surface area contributed by atoms with E-state index < -0.39 is 0 Å². The molecule has 3 aromatic rings. The van der Waals surface area contributed by atoms with Crippen molar-refractivity contribution in [1.82, 2.24) is 4.98 Å². The molecule has 2 aromatic carbocycles. The molecule has 2 N–H and O–H groups in total. The van der Waals surface area contributed by atoms with Gasteiger partial charge in [-0.05, 0) is 49.4 Å². The van der Waals surface area contributed by atoms with Crippen LogP contribution in [-0.2, 0) is 4.79 Å². The van der Waals surface area contributed by atoms with Gasteiger partial charge in [0, 0.05) is 39.8 Å². The number of aryl methyl sites for hydroxylation is 1. The first-order valence-corrected chi connectivity index (χ1v) is 10.1. The predicted octanol–water partition coefficient (Wildman–Crippen LogP) is 5.47. The molecule has 1 aromatic heterocycles. The number of halogens is 1. The third-order valence-electron chi connectivity index (χ3n) is 3.45. The molecule has 0 aliphatic rings. The number of rotatable bonds is 5. The summed E-state index contributed by atoms with van der Waals surface area (Å²) in [6.07, 6.45) is 0. The van der Waals surface area contributed by atoms with Gasteiger partial charge in [0.25, 0.3) is 5.91 Å². The molecule has 27 heavy (non-hydrogen) atoms. The van der Waals surface area contributed by atoms with Crippen LogP contribution in [0.3, 0.4) is 0 Å². The van der Waals surface area contributed by atoms with Gasteiger partial charge in [0.2, 0.25) is 5.91 Å². The zero-order chi connectivity index (χ0) is 19.4. The smallest absolute Gasteiger partial charge is 0.255 e. The summed E-state index contributed by atoms with van der Waals surface area (Å²) in [5, 5.41) is 8.02. The van der Waals surface area contributed by atoms with Crippen molar-refractivity contribution in [3.8, 4) is 0 Å². The molecular formula is C19H16ClN3O2S2. The second-order valence-electron chi connectivity index (χ2n) is 5.71. The van der Waals surface area contributed by atoms with Crippen LogP contribution >= 0.6 is 34.7 Å². The fraction of sp³-hybridized carbons (Fsp3) is 0.105. The Morgan fingerprint density at radius 3 is 2.37 bits per heavy atom. The first-order valence-electron chi connectivity index (χ1n) is 7.99. The molecular weight excluding hydrogens is 402 g/mol. The summed E-state index contributed by atoms with van der Waals surface area (Å²) in [6, 6.07) is 12.0. The Bertz CT molecular complexity index is 987.